The number of piperidine rings is 1. The van der Waals surface area contributed by atoms with Crippen molar-refractivity contribution in [2.45, 2.75) is 25.7 Å². The first-order valence-corrected chi connectivity index (χ1v) is 9.88. The van der Waals surface area contributed by atoms with Crippen LogP contribution >= 0.6 is 0 Å². The van der Waals surface area contributed by atoms with E-state index in [0.717, 1.165) is 29.7 Å². The maximum atomic E-state index is 13.1. The van der Waals surface area contributed by atoms with Crippen LogP contribution in [0, 0.1) is 6.92 Å². The molecular formula is C22H22N6O. The lowest BCUT2D eigenvalue weighted by Gasteiger charge is -2.31. The minimum atomic E-state index is 0.00250. The van der Waals surface area contributed by atoms with Crippen molar-refractivity contribution in [2.24, 2.45) is 0 Å². The Balaban J connectivity index is 1.32. The van der Waals surface area contributed by atoms with Gasteiger partial charge in [-0.1, -0.05) is 30.3 Å². The number of amides is 1. The second-order valence-corrected chi connectivity index (χ2v) is 7.59. The van der Waals surface area contributed by atoms with E-state index in [0.29, 0.717) is 30.2 Å². The molecule has 1 aromatic carbocycles. The van der Waals surface area contributed by atoms with Gasteiger partial charge in [0.2, 0.25) is 0 Å². The molecule has 0 bridgehead atoms. The molecule has 146 valence electrons. The quantitative estimate of drug-likeness (QED) is 0.585. The lowest BCUT2D eigenvalue weighted by Crippen LogP contribution is -2.38. The predicted molar refractivity (Wildman–Crippen MR) is 110 cm³/mol. The molecule has 7 heteroatoms. The zero-order valence-corrected chi connectivity index (χ0v) is 16.2. The number of aryl methyl sites for hydroxylation is 1. The molecule has 1 fully saturated rings. The molecule has 0 radical (unpaired) electrons. The van der Waals surface area contributed by atoms with Crippen LogP contribution in [0.3, 0.4) is 0 Å². The second kappa shape index (κ2) is 7.16. The molecule has 3 aromatic heterocycles. The molecule has 4 aromatic rings. The fourth-order valence-electron chi connectivity index (χ4n) is 4.12. The first kappa shape index (κ1) is 17.6. The Hall–Kier alpha value is -3.48. The van der Waals surface area contributed by atoms with Crippen molar-refractivity contribution in [1.29, 1.82) is 0 Å². The van der Waals surface area contributed by atoms with E-state index in [1.165, 1.54) is 5.56 Å². The summed E-state index contributed by atoms with van der Waals surface area (Å²) in [6.07, 6.45) is 8.98. The zero-order chi connectivity index (χ0) is 19.8. The molecule has 0 aliphatic carbocycles. The highest BCUT2D eigenvalue weighted by Gasteiger charge is 2.28. The van der Waals surface area contributed by atoms with E-state index in [1.807, 2.05) is 42.4 Å². The summed E-state index contributed by atoms with van der Waals surface area (Å²) >= 11 is 0. The van der Waals surface area contributed by atoms with Crippen molar-refractivity contribution in [1.82, 2.24) is 29.7 Å². The zero-order valence-electron chi connectivity index (χ0n) is 16.2. The van der Waals surface area contributed by atoms with Crippen LogP contribution in [0.5, 0.6) is 0 Å². The molecule has 7 nitrogen and oxygen atoms in total. The van der Waals surface area contributed by atoms with Crippen LogP contribution in [0.4, 0.5) is 0 Å². The molecule has 0 saturated carbocycles. The SMILES string of the molecule is Cc1cnc2c(C(=O)N3CCC(c4[nH]ncc4-c4ccccc4)CC3)cnn2c1. The Morgan fingerprint density at radius 2 is 1.90 bits per heavy atom. The van der Waals surface area contributed by atoms with Crippen LogP contribution in [-0.2, 0) is 0 Å². The van der Waals surface area contributed by atoms with E-state index >= 15 is 0 Å². The predicted octanol–water partition coefficient (Wildman–Crippen LogP) is 3.45. The van der Waals surface area contributed by atoms with Crippen molar-refractivity contribution >= 4 is 11.6 Å². The van der Waals surface area contributed by atoms with Gasteiger partial charge in [-0.05, 0) is 30.9 Å². The van der Waals surface area contributed by atoms with Crippen LogP contribution in [-0.4, -0.2) is 48.7 Å². The fraction of sp³-hybridized carbons (Fsp3) is 0.273. The van der Waals surface area contributed by atoms with E-state index in [2.05, 4.69) is 32.4 Å². The summed E-state index contributed by atoms with van der Waals surface area (Å²) in [5.74, 6) is 0.365. The first-order chi connectivity index (χ1) is 14.2. The number of hydrogen-bond donors (Lipinski definition) is 1. The highest BCUT2D eigenvalue weighted by atomic mass is 16.2. The van der Waals surface area contributed by atoms with Gasteiger partial charge in [0.05, 0.1) is 12.4 Å². The van der Waals surface area contributed by atoms with Crippen LogP contribution < -0.4 is 0 Å². The molecular weight excluding hydrogens is 364 g/mol. The lowest BCUT2D eigenvalue weighted by molar-refractivity contribution is 0.0714. The van der Waals surface area contributed by atoms with Crippen LogP contribution in [0.1, 0.15) is 40.4 Å². The Labute approximate surface area is 168 Å². The summed E-state index contributed by atoms with van der Waals surface area (Å²) in [6, 6.07) is 10.3. The van der Waals surface area contributed by atoms with Crippen molar-refractivity contribution in [3.05, 3.63) is 71.9 Å². The van der Waals surface area contributed by atoms with E-state index in [1.54, 1.807) is 16.9 Å². The number of nitrogens with zero attached hydrogens (tertiary/aromatic N) is 5. The summed E-state index contributed by atoms with van der Waals surface area (Å²) in [7, 11) is 0. The van der Waals surface area contributed by atoms with Crippen molar-refractivity contribution in [3.63, 3.8) is 0 Å². The van der Waals surface area contributed by atoms with Crippen molar-refractivity contribution < 1.29 is 4.79 Å². The van der Waals surface area contributed by atoms with E-state index in [4.69, 9.17) is 0 Å². The van der Waals surface area contributed by atoms with Crippen LogP contribution in [0.15, 0.2) is 55.1 Å². The molecule has 1 amide bonds. The molecule has 4 heterocycles. The largest absolute Gasteiger partial charge is 0.338 e. The van der Waals surface area contributed by atoms with Gasteiger partial charge in [-0.15, -0.1) is 0 Å². The number of nitrogens with one attached hydrogen (secondary N) is 1. The van der Waals surface area contributed by atoms with Crippen LogP contribution in [0.2, 0.25) is 0 Å². The van der Waals surface area contributed by atoms with Crippen molar-refractivity contribution in [2.75, 3.05) is 13.1 Å². The molecule has 29 heavy (non-hydrogen) atoms. The molecule has 5 rings (SSSR count). The number of hydrogen-bond acceptors (Lipinski definition) is 4. The standard InChI is InChI=1S/C22H22N6O/c1-15-11-23-21-19(13-25-28(21)14-15)22(29)27-9-7-17(8-10-27)20-18(12-24-26-20)16-5-3-2-4-6-16/h2-6,11-14,17H,7-10H2,1H3,(H,24,26). The molecule has 1 saturated heterocycles. The van der Waals surface area contributed by atoms with Gasteiger partial charge >= 0.3 is 0 Å². The van der Waals surface area contributed by atoms with Gasteiger partial charge in [-0.2, -0.15) is 10.2 Å². The third-order valence-corrected chi connectivity index (χ3v) is 5.66. The molecule has 1 aliphatic rings. The Morgan fingerprint density at radius 3 is 2.69 bits per heavy atom. The minimum Gasteiger partial charge on any atom is -0.338 e. The van der Waals surface area contributed by atoms with Gasteiger partial charge < -0.3 is 4.90 Å². The monoisotopic (exact) mass is 386 g/mol. The summed E-state index contributed by atoms with van der Waals surface area (Å²) < 4.78 is 1.67. The topological polar surface area (TPSA) is 79.2 Å². The maximum absolute atomic E-state index is 13.1. The smallest absolute Gasteiger partial charge is 0.259 e. The number of likely N-dealkylation sites (tertiary alicyclic amines) is 1. The average molecular weight is 386 g/mol. The second-order valence-electron chi connectivity index (χ2n) is 7.59. The summed E-state index contributed by atoms with van der Waals surface area (Å²) in [6.45, 7) is 3.37. The normalized spacial score (nSPS) is 15.1. The Kier molecular flexibility index (Phi) is 4.35. The number of rotatable bonds is 3. The number of fused-ring (bicyclic) bond motifs is 1. The fourth-order valence-corrected chi connectivity index (χ4v) is 4.12. The van der Waals surface area contributed by atoms with Crippen molar-refractivity contribution in [3.8, 4) is 11.1 Å². The number of carbonyl (C=O) groups is 1. The molecule has 0 spiro atoms. The van der Waals surface area contributed by atoms with Gasteiger partial charge in [0.15, 0.2) is 5.65 Å². The summed E-state index contributed by atoms with van der Waals surface area (Å²) in [5.41, 5.74) is 5.67. The maximum Gasteiger partial charge on any atom is 0.259 e. The van der Waals surface area contributed by atoms with Gasteiger partial charge in [0.25, 0.3) is 5.91 Å². The highest BCUT2D eigenvalue weighted by molar-refractivity contribution is 5.99. The first-order valence-electron chi connectivity index (χ1n) is 9.88. The van der Waals surface area contributed by atoms with E-state index in [9.17, 15) is 4.79 Å². The number of aromatic nitrogens is 5. The number of H-pyrrole nitrogens is 1. The third kappa shape index (κ3) is 3.18. The van der Waals surface area contributed by atoms with Crippen LogP contribution in [0.25, 0.3) is 16.8 Å². The number of carbonyl (C=O) groups excluding carboxylic acids is 1. The van der Waals surface area contributed by atoms with E-state index < -0.39 is 0 Å². The highest BCUT2D eigenvalue weighted by Crippen LogP contribution is 2.34. The third-order valence-electron chi connectivity index (χ3n) is 5.66. The number of benzene rings is 1. The summed E-state index contributed by atoms with van der Waals surface area (Å²) in [4.78, 5) is 19.4. The lowest BCUT2D eigenvalue weighted by atomic mass is 9.89. The average Bonchev–Trinajstić information content (AvgIpc) is 3.41. The summed E-state index contributed by atoms with van der Waals surface area (Å²) in [5, 5.41) is 11.8. The number of aromatic amines is 1. The van der Waals surface area contributed by atoms with Gasteiger partial charge in [-0.3, -0.25) is 9.89 Å². The molecule has 1 N–H and O–H groups in total. The minimum absolute atomic E-state index is 0.00250. The van der Waals surface area contributed by atoms with Gasteiger partial charge in [0, 0.05) is 42.7 Å². The van der Waals surface area contributed by atoms with Gasteiger partial charge in [-0.25, -0.2) is 9.50 Å². The molecule has 0 unspecified atom stereocenters. The Morgan fingerprint density at radius 1 is 1.10 bits per heavy atom. The molecule has 1 aliphatic heterocycles. The Bertz CT molecular complexity index is 1150. The van der Waals surface area contributed by atoms with E-state index in [-0.39, 0.29) is 5.91 Å². The van der Waals surface area contributed by atoms with Gasteiger partial charge in [0.1, 0.15) is 5.56 Å². The molecule has 0 atom stereocenters.